The van der Waals surface area contributed by atoms with Crippen LogP contribution in [0.3, 0.4) is 0 Å². The fraction of sp³-hybridized carbons (Fsp3) is 0.444. The van der Waals surface area contributed by atoms with Crippen molar-refractivity contribution in [1.82, 2.24) is 0 Å². The van der Waals surface area contributed by atoms with Crippen LogP contribution in [0.15, 0.2) is 18.2 Å². The van der Waals surface area contributed by atoms with Crippen LogP contribution in [-0.4, -0.2) is 86.7 Å². The van der Waals surface area contributed by atoms with Crippen LogP contribution >= 0.6 is 0 Å². The molecule has 208 valence electrons. The number of fused-ring (bicyclic) bond motifs is 3. The summed E-state index contributed by atoms with van der Waals surface area (Å²) in [6.45, 7) is 0.474. The Morgan fingerprint density at radius 1 is 1.21 bits per heavy atom. The molecule has 2 aliphatic carbocycles. The number of rotatable bonds is 5. The number of phenols is 2. The number of carbonyl (C=O) groups excluding carboxylic acids is 3. The Morgan fingerprint density at radius 2 is 1.92 bits per heavy atom. The molecular weight excluding hydrogens is 515 g/mol. The first kappa shape index (κ1) is 23.5. The largest absolute Gasteiger partial charge is 0.507 e. The topological polar surface area (TPSA) is 206 Å². The molecule has 0 saturated carbocycles. The second-order valence-electron chi connectivity index (χ2n) is 10.1. The lowest BCUT2D eigenvalue weighted by Crippen LogP contribution is -2.53. The zero-order chi connectivity index (χ0) is 30.9. The van der Waals surface area contributed by atoms with Crippen molar-refractivity contribution in [3.05, 3.63) is 51.6 Å². The maximum atomic E-state index is 13.8. The summed E-state index contributed by atoms with van der Waals surface area (Å²) in [6, 6.07) is 2.89. The molecule has 0 radical (unpaired) electrons. The van der Waals surface area contributed by atoms with Crippen molar-refractivity contribution in [2.45, 2.75) is 62.4 Å². The summed E-state index contributed by atoms with van der Waals surface area (Å²) in [5.41, 5.74) is 1.16. The van der Waals surface area contributed by atoms with Crippen molar-refractivity contribution in [2.24, 2.45) is 5.73 Å². The third-order valence-corrected chi connectivity index (χ3v) is 7.70. The molecule has 7 N–H and O–H groups in total. The Morgan fingerprint density at radius 3 is 2.59 bits per heavy atom. The molecule has 5 rings (SSSR count). The van der Waals surface area contributed by atoms with E-state index in [0.717, 1.165) is 0 Å². The zero-order valence-electron chi connectivity index (χ0n) is 23.7. The molecule has 0 spiro atoms. The number of nitrogens with two attached hydrogens (primary N) is 1. The van der Waals surface area contributed by atoms with Gasteiger partial charge in [0.05, 0.1) is 46.2 Å². The van der Waals surface area contributed by atoms with E-state index in [-0.39, 0.29) is 23.1 Å². The first-order chi connectivity index (χ1) is 19.6. The van der Waals surface area contributed by atoms with Gasteiger partial charge >= 0.3 is 0 Å². The molecule has 39 heavy (non-hydrogen) atoms. The molecular formula is C27H29NO11. The van der Waals surface area contributed by atoms with Gasteiger partial charge in [-0.25, -0.2) is 0 Å². The quantitative estimate of drug-likeness (QED) is 0.184. The zero-order valence-corrected chi connectivity index (χ0v) is 20.7. The minimum Gasteiger partial charge on any atom is -0.507 e. The SMILES string of the molecule is [2H][13C]([2H])([2H])Oc1cccc2c1C(=O)c1c(O)c3c(c(O)c1C2=O)C[C@@](O)(C(=O)CO)C[C@@H]3O[C@H]1C[C@H](N)[C@H](O)[C@H](C)O1. The Kier molecular flexibility index (Phi) is 5.82. The Hall–Kier alpha value is -3.39. The van der Waals surface area contributed by atoms with Crippen molar-refractivity contribution >= 4 is 17.3 Å². The molecule has 12 heteroatoms. The number of hydrogen-bond acceptors (Lipinski definition) is 12. The normalized spacial score (nSPS) is 31.3. The maximum absolute atomic E-state index is 13.8. The van der Waals surface area contributed by atoms with Gasteiger partial charge in [0.2, 0.25) is 5.78 Å². The summed E-state index contributed by atoms with van der Waals surface area (Å²) in [5, 5.41) is 53.8. The average Bonchev–Trinajstić information content (AvgIpc) is 2.90. The lowest BCUT2D eigenvalue weighted by Gasteiger charge is -2.42. The van der Waals surface area contributed by atoms with Gasteiger partial charge in [-0.15, -0.1) is 0 Å². The van der Waals surface area contributed by atoms with Gasteiger partial charge in [0.25, 0.3) is 0 Å². The lowest BCUT2D eigenvalue weighted by atomic mass is 9.72. The predicted molar refractivity (Wildman–Crippen MR) is 132 cm³/mol. The van der Waals surface area contributed by atoms with Gasteiger partial charge < -0.3 is 45.5 Å². The smallest absolute Gasteiger partial charge is 0.202 e. The molecule has 12 nitrogen and oxygen atoms in total. The Labute approximate surface area is 226 Å². The van der Waals surface area contributed by atoms with Crippen LogP contribution in [0, 0.1) is 0 Å². The van der Waals surface area contributed by atoms with Gasteiger partial charge in [-0.2, -0.15) is 0 Å². The van der Waals surface area contributed by atoms with Gasteiger partial charge in [0.15, 0.2) is 17.9 Å². The van der Waals surface area contributed by atoms with Gasteiger partial charge in [-0.3, -0.25) is 14.4 Å². The summed E-state index contributed by atoms with van der Waals surface area (Å²) in [4.78, 5) is 40.0. The van der Waals surface area contributed by atoms with Crippen molar-refractivity contribution < 1.29 is 58.2 Å². The number of benzene rings is 2. The number of carbonyl (C=O) groups is 3. The van der Waals surface area contributed by atoms with Crippen LogP contribution in [0.4, 0.5) is 0 Å². The number of aliphatic hydroxyl groups is 3. The number of hydrogen-bond donors (Lipinski definition) is 6. The van der Waals surface area contributed by atoms with Gasteiger partial charge in [0, 0.05) is 42.0 Å². The average molecular weight is 548 g/mol. The molecule has 6 atom stereocenters. The minimum absolute atomic E-state index is 0.0397. The van der Waals surface area contributed by atoms with Crippen LogP contribution in [-0.2, 0) is 20.7 Å². The van der Waals surface area contributed by atoms with Crippen LogP contribution in [0.2, 0.25) is 0 Å². The van der Waals surface area contributed by atoms with Crippen molar-refractivity contribution in [2.75, 3.05) is 13.6 Å². The Bertz CT molecular complexity index is 1480. The number of ether oxygens (including phenoxy) is 3. The maximum Gasteiger partial charge on any atom is 0.202 e. The molecule has 1 fully saturated rings. The van der Waals surface area contributed by atoms with E-state index in [9.17, 15) is 39.9 Å². The molecule has 1 saturated heterocycles. The number of ketones is 3. The molecule has 2 aromatic rings. The van der Waals surface area contributed by atoms with Gasteiger partial charge in [-0.05, 0) is 13.0 Å². The number of phenolic OH excluding ortho intramolecular Hbond substituents is 2. The third kappa shape index (κ3) is 4.11. The van der Waals surface area contributed by atoms with E-state index in [4.69, 9.17) is 24.1 Å². The second kappa shape index (κ2) is 9.66. The molecule has 1 heterocycles. The third-order valence-electron chi connectivity index (χ3n) is 7.70. The highest BCUT2D eigenvalue weighted by Gasteiger charge is 2.50. The van der Waals surface area contributed by atoms with E-state index in [2.05, 4.69) is 0 Å². The molecule has 0 unspecified atom stereocenters. The van der Waals surface area contributed by atoms with E-state index >= 15 is 0 Å². The number of aliphatic hydroxyl groups excluding tert-OH is 2. The van der Waals surface area contributed by atoms with E-state index in [1.165, 1.54) is 18.2 Å². The standard InChI is InChI=1S/C27H29NO11/c1-10-22(31)13(28)6-17(38-10)39-15-8-27(36,16(30)9-29)7-12-19(15)26(35)21-20(24(12)33)23(32)11-4-3-5-14(37-2)18(11)25(21)34/h3-5,10,13,15,17,22,29,31,33,35-36H,6-9,28H2,1-2H3/t10-,13-,15-,17-,22+,27-/m0/s1/i2+1D3. The number of methoxy groups -OCH3 is 1. The van der Waals surface area contributed by atoms with Crippen molar-refractivity contribution in [3.63, 3.8) is 0 Å². The summed E-state index contributed by atoms with van der Waals surface area (Å²) < 4.78 is 38.9. The fourth-order valence-corrected chi connectivity index (χ4v) is 5.67. The number of Topliss-reactive ketones (excluding diaryl/α,β-unsaturated/α-hetero) is 1. The molecule has 0 amide bonds. The number of aromatic hydroxyl groups is 2. The van der Waals surface area contributed by atoms with Gasteiger partial charge in [-0.1, -0.05) is 12.1 Å². The molecule has 1 aliphatic heterocycles. The van der Waals surface area contributed by atoms with Gasteiger partial charge in [0.1, 0.15) is 29.5 Å². The van der Waals surface area contributed by atoms with Crippen molar-refractivity contribution in [3.8, 4) is 17.2 Å². The molecule has 2 aromatic carbocycles. The summed E-state index contributed by atoms with van der Waals surface area (Å²) in [7, 11) is -2.98. The Balaban J connectivity index is 1.68. The first-order valence-electron chi connectivity index (χ1n) is 13.7. The summed E-state index contributed by atoms with van der Waals surface area (Å²) in [6.07, 6.45) is -5.61. The second-order valence-corrected chi connectivity index (χ2v) is 10.1. The lowest BCUT2D eigenvalue weighted by molar-refractivity contribution is -0.247. The highest BCUT2D eigenvalue weighted by Crippen LogP contribution is 2.52. The van der Waals surface area contributed by atoms with E-state index in [1.807, 2.05) is 0 Å². The highest BCUT2D eigenvalue weighted by molar-refractivity contribution is 6.31. The van der Waals surface area contributed by atoms with Crippen molar-refractivity contribution in [1.29, 1.82) is 0 Å². The first-order valence-corrected chi connectivity index (χ1v) is 12.2. The van der Waals surface area contributed by atoms with E-state index < -0.39 is 114 Å². The molecule has 0 bridgehead atoms. The predicted octanol–water partition coefficient (Wildman–Crippen LogP) is 0.00130. The van der Waals surface area contributed by atoms with Crippen LogP contribution in [0.1, 0.15) is 73.0 Å². The van der Waals surface area contributed by atoms with Crippen LogP contribution in [0.25, 0.3) is 0 Å². The summed E-state index contributed by atoms with van der Waals surface area (Å²) in [5.74, 6) is -5.05. The van der Waals surface area contributed by atoms with Crippen LogP contribution in [0.5, 0.6) is 17.2 Å². The molecule has 0 aromatic heterocycles. The molecule has 3 aliphatic rings. The van der Waals surface area contributed by atoms with E-state index in [0.29, 0.717) is 0 Å². The summed E-state index contributed by atoms with van der Waals surface area (Å²) >= 11 is 0. The minimum atomic E-state index is -2.98. The van der Waals surface area contributed by atoms with Crippen LogP contribution < -0.4 is 10.5 Å². The monoisotopic (exact) mass is 547 g/mol. The fourth-order valence-electron chi connectivity index (χ4n) is 5.67. The van der Waals surface area contributed by atoms with E-state index in [1.54, 1.807) is 6.92 Å². The highest BCUT2D eigenvalue weighted by atomic mass is 16.7.